The van der Waals surface area contributed by atoms with E-state index in [9.17, 15) is 5.11 Å². The molecular formula is C8H12ClN3O. The highest BCUT2D eigenvalue weighted by atomic mass is 35.5. The van der Waals surface area contributed by atoms with E-state index in [1.54, 1.807) is 13.0 Å². The molecule has 0 fully saturated rings. The van der Waals surface area contributed by atoms with Crippen molar-refractivity contribution in [2.75, 3.05) is 12.3 Å². The summed E-state index contributed by atoms with van der Waals surface area (Å²) in [5, 5.41) is 10.2. The van der Waals surface area contributed by atoms with Crippen LogP contribution in [0.25, 0.3) is 0 Å². The lowest BCUT2D eigenvalue weighted by molar-refractivity contribution is 0.0673. The van der Waals surface area contributed by atoms with Crippen LogP contribution in [0.5, 0.6) is 0 Å². The number of aliphatic hydroxyl groups is 1. The van der Waals surface area contributed by atoms with E-state index in [0.29, 0.717) is 10.6 Å². The van der Waals surface area contributed by atoms with Gasteiger partial charge in [-0.25, -0.2) is 4.98 Å². The molecule has 13 heavy (non-hydrogen) atoms. The minimum Gasteiger partial charge on any atom is -0.384 e. The molecule has 1 rings (SSSR count). The van der Waals surface area contributed by atoms with Crippen LogP contribution in [0.15, 0.2) is 12.3 Å². The summed E-state index contributed by atoms with van der Waals surface area (Å²) < 4.78 is 0. The summed E-state index contributed by atoms with van der Waals surface area (Å²) in [6.07, 6.45) is 1.42. The summed E-state index contributed by atoms with van der Waals surface area (Å²) in [6.45, 7) is 1.63. The van der Waals surface area contributed by atoms with Gasteiger partial charge in [-0.3, -0.25) is 0 Å². The molecule has 5 N–H and O–H groups in total. The molecule has 1 aromatic rings. The molecule has 0 saturated heterocycles. The quantitative estimate of drug-likeness (QED) is 0.650. The summed E-state index contributed by atoms with van der Waals surface area (Å²) in [7, 11) is 0. The van der Waals surface area contributed by atoms with Crippen LogP contribution < -0.4 is 11.5 Å². The van der Waals surface area contributed by atoms with Crippen LogP contribution in [0, 0.1) is 0 Å². The third kappa shape index (κ3) is 2.09. The number of aromatic nitrogens is 1. The Balaban J connectivity index is 3.20. The highest BCUT2D eigenvalue weighted by molar-refractivity contribution is 6.30. The van der Waals surface area contributed by atoms with E-state index in [-0.39, 0.29) is 12.4 Å². The first-order chi connectivity index (χ1) is 5.97. The summed E-state index contributed by atoms with van der Waals surface area (Å²) in [5.74, 6) is 0.250. The molecule has 0 aromatic carbocycles. The van der Waals surface area contributed by atoms with Gasteiger partial charge in [0.05, 0.1) is 5.02 Å². The fourth-order valence-electron chi connectivity index (χ4n) is 0.991. The van der Waals surface area contributed by atoms with Gasteiger partial charge in [0.15, 0.2) is 0 Å². The van der Waals surface area contributed by atoms with Gasteiger partial charge < -0.3 is 16.6 Å². The van der Waals surface area contributed by atoms with Gasteiger partial charge in [-0.2, -0.15) is 0 Å². The molecule has 4 nitrogen and oxygen atoms in total. The topological polar surface area (TPSA) is 85.2 Å². The van der Waals surface area contributed by atoms with Crippen molar-refractivity contribution in [1.29, 1.82) is 0 Å². The lowest BCUT2D eigenvalue weighted by Crippen LogP contribution is -2.32. The van der Waals surface area contributed by atoms with Crippen molar-refractivity contribution in [2.45, 2.75) is 12.5 Å². The second kappa shape index (κ2) is 3.49. The van der Waals surface area contributed by atoms with Crippen molar-refractivity contribution in [1.82, 2.24) is 4.98 Å². The molecule has 0 bridgehead atoms. The Morgan fingerprint density at radius 1 is 1.69 bits per heavy atom. The first kappa shape index (κ1) is 10.2. The molecule has 0 spiro atoms. The highest BCUT2D eigenvalue weighted by Gasteiger charge is 2.24. The molecule has 1 unspecified atom stereocenters. The smallest absolute Gasteiger partial charge is 0.129 e. The van der Waals surface area contributed by atoms with Crippen LogP contribution in [-0.4, -0.2) is 16.6 Å². The fourth-order valence-corrected chi connectivity index (χ4v) is 1.15. The van der Waals surface area contributed by atoms with Crippen molar-refractivity contribution >= 4 is 17.4 Å². The Morgan fingerprint density at radius 3 is 2.85 bits per heavy atom. The van der Waals surface area contributed by atoms with Crippen LogP contribution in [0.3, 0.4) is 0 Å². The predicted octanol–water partition coefficient (Wildman–Crippen LogP) is 0.483. The molecule has 1 aromatic heterocycles. The molecule has 0 aliphatic rings. The van der Waals surface area contributed by atoms with Crippen LogP contribution in [0.2, 0.25) is 5.02 Å². The third-order valence-corrected chi connectivity index (χ3v) is 2.07. The largest absolute Gasteiger partial charge is 0.384 e. The fraction of sp³-hybridized carbons (Fsp3) is 0.375. The Morgan fingerprint density at radius 2 is 2.31 bits per heavy atom. The van der Waals surface area contributed by atoms with E-state index in [2.05, 4.69) is 4.98 Å². The average Bonchev–Trinajstić information content (AvgIpc) is 2.09. The summed E-state index contributed by atoms with van der Waals surface area (Å²) in [4.78, 5) is 3.82. The van der Waals surface area contributed by atoms with Gasteiger partial charge in [0.25, 0.3) is 0 Å². The van der Waals surface area contributed by atoms with Gasteiger partial charge in [-0.15, -0.1) is 0 Å². The Labute approximate surface area is 81.5 Å². The maximum absolute atomic E-state index is 9.80. The van der Waals surface area contributed by atoms with E-state index < -0.39 is 5.60 Å². The lowest BCUT2D eigenvalue weighted by Gasteiger charge is -2.22. The maximum Gasteiger partial charge on any atom is 0.129 e. The number of anilines is 1. The summed E-state index contributed by atoms with van der Waals surface area (Å²) in [5.41, 5.74) is 10.2. The van der Waals surface area contributed by atoms with Gasteiger partial charge in [-0.05, 0) is 13.0 Å². The van der Waals surface area contributed by atoms with E-state index >= 15 is 0 Å². The van der Waals surface area contributed by atoms with E-state index in [1.807, 2.05) is 0 Å². The zero-order chi connectivity index (χ0) is 10.1. The first-order valence-electron chi connectivity index (χ1n) is 3.81. The van der Waals surface area contributed by atoms with Gasteiger partial charge in [-0.1, -0.05) is 11.6 Å². The molecule has 0 saturated carbocycles. The molecular weight excluding hydrogens is 190 g/mol. The molecule has 1 heterocycles. The van der Waals surface area contributed by atoms with Crippen LogP contribution in [0.1, 0.15) is 12.5 Å². The average molecular weight is 202 g/mol. The number of halogens is 1. The Hall–Kier alpha value is -0.840. The minimum atomic E-state index is -1.18. The second-order valence-electron chi connectivity index (χ2n) is 3.06. The number of hydrogen-bond donors (Lipinski definition) is 3. The van der Waals surface area contributed by atoms with Gasteiger partial charge in [0.1, 0.15) is 11.4 Å². The zero-order valence-electron chi connectivity index (χ0n) is 7.29. The Kier molecular flexibility index (Phi) is 2.75. The van der Waals surface area contributed by atoms with Crippen molar-refractivity contribution in [2.24, 2.45) is 5.73 Å². The van der Waals surface area contributed by atoms with Gasteiger partial charge in [0.2, 0.25) is 0 Å². The lowest BCUT2D eigenvalue weighted by atomic mass is 9.97. The van der Waals surface area contributed by atoms with Crippen LogP contribution >= 0.6 is 11.6 Å². The number of nitrogen functional groups attached to an aromatic ring is 1. The number of hydrogen-bond acceptors (Lipinski definition) is 4. The molecule has 0 amide bonds. The number of rotatable bonds is 2. The van der Waals surface area contributed by atoms with Gasteiger partial charge in [0, 0.05) is 18.3 Å². The number of pyridine rings is 1. The molecule has 0 aliphatic heterocycles. The minimum absolute atomic E-state index is 0.0687. The Bertz CT molecular complexity index is 314. The van der Waals surface area contributed by atoms with E-state index in [1.165, 1.54) is 6.20 Å². The SMILES string of the molecule is CC(O)(CN)c1cc(Cl)cnc1N. The first-order valence-corrected chi connectivity index (χ1v) is 4.19. The normalized spacial score (nSPS) is 15.4. The molecule has 0 aliphatic carbocycles. The number of nitrogens with zero attached hydrogens (tertiary/aromatic N) is 1. The van der Waals surface area contributed by atoms with Crippen molar-refractivity contribution in [3.05, 3.63) is 22.8 Å². The summed E-state index contributed by atoms with van der Waals surface area (Å²) >= 11 is 5.71. The zero-order valence-corrected chi connectivity index (χ0v) is 8.04. The van der Waals surface area contributed by atoms with E-state index in [0.717, 1.165) is 0 Å². The van der Waals surface area contributed by atoms with Gasteiger partial charge >= 0.3 is 0 Å². The molecule has 0 radical (unpaired) electrons. The van der Waals surface area contributed by atoms with Crippen LogP contribution in [0.4, 0.5) is 5.82 Å². The molecule has 5 heteroatoms. The summed E-state index contributed by atoms with van der Waals surface area (Å²) in [6, 6.07) is 1.57. The molecule has 72 valence electrons. The van der Waals surface area contributed by atoms with Crippen molar-refractivity contribution in [3.63, 3.8) is 0 Å². The third-order valence-electron chi connectivity index (χ3n) is 1.86. The second-order valence-corrected chi connectivity index (χ2v) is 3.50. The number of nitrogens with two attached hydrogens (primary N) is 2. The van der Waals surface area contributed by atoms with Crippen molar-refractivity contribution in [3.8, 4) is 0 Å². The van der Waals surface area contributed by atoms with Crippen LogP contribution in [-0.2, 0) is 5.60 Å². The van der Waals surface area contributed by atoms with Crippen molar-refractivity contribution < 1.29 is 5.11 Å². The standard InChI is InChI=1S/C8H12ClN3O/c1-8(13,4-10)6-2-5(9)3-12-7(6)11/h2-3,13H,4,10H2,1H3,(H2,11,12). The monoisotopic (exact) mass is 201 g/mol. The predicted molar refractivity (Wildman–Crippen MR) is 52.3 cm³/mol. The highest BCUT2D eigenvalue weighted by Crippen LogP contribution is 2.25. The molecule has 1 atom stereocenters. The maximum atomic E-state index is 9.80. The van der Waals surface area contributed by atoms with E-state index in [4.69, 9.17) is 23.1 Å².